The van der Waals surface area contributed by atoms with Crippen molar-refractivity contribution < 1.29 is 18.3 Å². The van der Waals surface area contributed by atoms with E-state index in [2.05, 4.69) is 27.8 Å². The molecule has 2 N–H and O–H groups in total. The van der Waals surface area contributed by atoms with Crippen LogP contribution >= 0.6 is 0 Å². The van der Waals surface area contributed by atoms with Crippen LogP contribution in [0.5, 0.6) is 11.8 Å². The summed E-state index contributed by atoms with van der Waals surface area (Å²) in [6.45, 7) is 3.38. The van der Waals surface area contributed by atoms with Gasteiger partial charge in [0.05, 0.1) is 25.2 Å². The van der Waals surface area contributed by atoms with Gasteiger partial charge in [0.2, 0.25) is 0 Å². The van der Waals surface area contributed by atoms with Gasteiger partial charge in [-0.25, -0.2) is 8.78 Å². The van der Waals surface area contributed by atoms with Gasteiger partial charge in [0.1, 0.15) is 28.6 Å². The summed E-state index contributed by atoms with van der Waals surface area (Å²) in [5.41, 5.74) is 6.56. The second kappa shape index (κ2) is 9.21. The van der Waals surface area contributed by atoms with Crippen molar-refractivity contribution >= 4 is 27.5 Å². The van der Waals surface area contributed by atoms with Gasteiger partial charge in [-0.3, -0.25) is 4.98 Å². The molecule has 0 bridgehead atoms. The van der Waals surface area contributed by atoms with Gasteiger partial charge in [-0.1, -0.05) is 18.9 Å². The highest BCUT2D eigenvalue weighted by molar-refractivity contribution is 6.03. The first kappa shape index (κ1) is 23.7. The molecule has 1 fully saturated rings. The zero-order chi connectivity index (χ0) is 25.6. The lowest BCUT2D eigenvalue weighted by Crippen LogP contribution is -2.46. The number of piperidine rings is 1. The molecule has 7 nitrogen and oxygen atoms in total. The highest BCUT2D eigenvalue weighted by Gasteiger charge is 2.27. The standard InChI is InChI=1S/C27H25F2N5O2/c1-5-18-21(28)7-6-15-9-17(35-3)10-19(22(15)18)24-23(29)25-20(11-31-24)26(33-27(32-25)36-4)34-12-14(2)8-16(30)13-34/h1,6-7,9-11,14,16H,8,12-13,30H2,2-4H3. The van der Waals surface area contributed by atoms with E-state index < -0.39 is 11.6 Å². The van der Waals surface area contributed by atoms with Crippen molar-refractivity contribution in [1.29, 1.82) is 0 Å². The highest BCUT2D eigenvalue weighted by atomic mass is 19.1. The molecular formula is C27H25F2N5O2. The summed E-state index contributed by atoms with van der Waals surface area (Å²) in [6.07, 6.45) is 8.05. The number of hydrogen-bond donors (Lipinski definition) is 1. The number of pyridine rings is 1. The molecular weight excluding hydrogens is 464 g/mol. The van der Waals surface area contributed by atoms with Gasteiger partial charge < -0.3 is 20.1 Å². The van der Waals surface area contributed by atoms with Gasteiger partial charge in [-0.15, -0.1) is 6.42 Å². The van der Waals surface area contributed by atoms with Crippen LogP contribution in [0.4, 0.5) is 14.6 Å². The maximum absolute atomic E-state index is 16.2. The van der Waals surface area contributed by atoms with Gasteiger partial charge in [0.25, 0.3) is 0 Å². The lowest BCUT2D eigenvalue weighted by atomic mass is 9.95. The maximum atomic E-state index is 16.2. The van der Waals surface area contributed by atoms with Gasteiger partial charge in [0.15, 0.2) is 5.82 Å². The number of aromatic nitrogens is 3. The number of benzene rings is 2. The van der Waals surface area contributed by atoms with Crippen molar-refractivity contribution in [2.75, 3.05) is 32.2 Å². The Morgan fingerprint density at radius 2 is 1.94 bits per heavy atom. The summed E-state index contributed by atoms with van der Waals surface area (Å²) < 4.78 is 41.6. The highest BCUT2D eigenvalue weighted by Crippen LogP contribution is 2.39. The number of hydrogen-bond acceptors (Lipinski definition) is 7. The maximum Gasteiger partial charge on any atom is 0.318 e. The number of fused-ring (bicyclic) bond motifs is 2. The Hall–Kier alpha value is -4.03. The summed E-state index contributed by atoms with van der Waals surface area (Å²) in [5.74, 6) is 2.39. The first-order valence-electron chi connectivity index (χ1n) is 11.5. The number of terminal acetylenes is 1. The zero-order valence-corrected chi connectivity index (χ0v) is 20.2. The fourth-order valence-electron chi connectivity index (χ4n) is 4.97. The SMILES string of the molecule is C#Cc1c(F)ccc2cc(OC)cc(-c3ncc4c(N5CC(C)CC(N)C5)nc(OC)nc4c3F)c12. The Labute approximate surface area is 207 Å². The predicted octanol–water partition coefficient (Wildman–Crippen LogP) is 4.30. The quantitative estimate of drug-likeness (QED) is 0.428. The lowest BCUT2D eigenvalue weighted by molar-refractivity contribution is 0.376. The minimum absolute atomic E-state index is 0.0173. The Morgan fingerprint density at radius 1 is 1.14 bits per heavy atom. The molecule has 0 amide bonds. The third-order valence-electron chi connectivity index (χ3n) is 6.49. The van der Waals surface area contributed by atoms with Crippen LogP contribution in [0.25, 0.3) is 32.9 Å². The van der Waals surface area contributed by atoms with Crippen LogP contribution in [0.3, 0.4) is 0 Å². The zero-order valence-electron chi connectivity index (χ0n) is 20.2. The average Bonchev–Trinajstić information content (AvgIpc) is 2.87. The second-order valence-corrected chi connectivity index (χ2v) is 9.06. The van der Waals surface area contributed by atoms with Crippen molar-refractivity contribution in [3.63, 3.8) is 0 Å². The van der Waals surface area contributed by atoms with Crippen molar-refractivity contribution in [1.82, 2.24) is 15.0 Å². The Balaban J connectivity index is 1.79. The number of nitrogens with zero attached hydrogens (tertiary/aromatic N) is 4. The van der Waals surface area contributed by atoms with E-state index in [1.165, 1.54) is 26.5 Å². The van der Waals surface area contributed by atoms with E-state index in [9.17, 15) is 4.39 Å². The predicted molar refractivity (Wildman–Crippen MR) is 135 cm³/mol. The summed E-state index contributed by atoms with van der Waals surface area (Å²) in [4.78, 5) is 15.3. The van der Waals surface area contributed by atoms with E-state index in [4.69, 9.17) is 21.6 Å². The summed E-state index contributed by atoms with van der Waals surface area (Å²) in [7, 11) is 2.92. The number of halogens is 2. The van der Waals surface area contributed by atoms with Crippen LogP contribution in [-0.4, -0.2) is 48.3 Å². The van der Waals surface area contributed by atoms with Crippen LogP contribution in [0.15, 0.2) is 30.5 Å². The monoisotopic (exact) mass is 489 g/mol. The molecule has 2 aromatic heterocycles. The summed E-state index contributed by atoms with van der Waals surface area (Å²) in [5, 5.41) is 1.38. The fourth-order valence-corrected chi connectivity index (χ4v) is 4.97. The molecule has 184 valence electrons. The summed E-state index contributed by atoms with van der Waals surface area (Å²) in [6, 6.07) is 6.13. The Bertz CT molecular complexity index is 1530. The van der Waals surface area contributed by atoms with Crippen LogP contribution in [0.1, 0.15) is 18.9 Å². The third kappa shape index (κ3) is 3.93. The molecule has 1 aliphatic rings. The van der Waals surface area contributed by atoms with E-state index in [0.29, 0.717) is 52.3 Å². The molecule has 2 atom stereocenters. The topological polar surface area (TPSA) is 86.4 Å². The van der Waals surface area contributed by atoms with E-state index in [0.717, 1.165) is 6.42 Å². The molecule has 1 aliphatic heterocycles. The number of ether oxygens (including phenoxy) is 2. The molecule has 0 saturated carbocycles. The molecule has 4 aromatic rings. The van der Waals surface area contributed by atoms with Crippen LogP contribution in [-0.2, 0) is 0 Å². The van der Waals surface area contributed by atoms with Crippen LogP contribution in [0, 0.1) is 29.9 Å². The minimum Gasteiger partial charge on any atom is -0.497 e. The molecule has 0 aliphatic carbocycles. The van der Waals surface area contributed by atoms with Crippen molar-refractivity contribution in [2.24, 2.45) is 11.7 Å². The summed E-state index contributed by atoms with van der Waals surface area (Å²) >= 11 is 0. The first-order valence-corrected chi connectivity index (χ1v) is 11.5. The largest absolute Gasteiger partial charge is 0.497 e. The van der Waals surface area contributed by atoms with Gasteiger partial charge in [0, 0.05) is 36.3 Å². The number of rotatable bonds is 4. The van der Waals surface area contributed by atoms with Crippen LogP contribution in [0.2, 0.25) is 0 Å². The van der Waals surface area contributed by atoms with Gasteiger partial charge >= 0.3 is 6.01 Å². The van der Waals surface area contributed by atoms with Crippen molar-refractivity contribution in [3.05, 3.63) is 47.7 Å². The molecule has 0 spiro atoms. The average molecular weight is 490 g/mol. The van der Waals surface area contributed by atoms with E-state index in [1.54, 1.807) is 18.2 Å². The molecule has 36 heavy (non-hydrogen) atoms. The van der Waals surface area contributed by atoms with Gasteiger partial charge in [-0.05, 0) is 35.9 Å². The van der Waals surface area contributed by atoms with E-state index >= 15 is 4.39 Å². The third-order valence-corrected chi connectivity index (χ3v) is 6.49. The molecule has 1 saturated heterocycles. The number of nitrogens with two attached hydrogens (primary N) is 1. The molecule has 0 radical (unpaired) electrons. The molecule has 5 rings (SSSR count). The van der Waals surface area contributed by atoms with E-state index in [1.807, 2.05) is 4.90 Å². The first-order chi connectivity index (χ1) is 17.3. The second-order valence-electron chi connectivity index (χ2n) is 9.06. The minimum atomic E-state index is -0.703. The fraction of sp³-hybridized carbons (Fsp3) is 0.296. The Morgan fingerprint density at radius 3 is 2.64 bits per heavy atom. The Kier molecular flexibility index (Phi) is 6.06. The normalized spacial score (nSPS) is 17.9. The van der Waals surface area contributed by atoms with Crippen molar-refractivity contribution in [2.45, 2.75) is 19.4 Å². The molecule has 2 unspecified atom stereocenters. The van der Waals surface area contributed by atoms with Gasteiger partial charge in [-0.2, -0.15) is 9.97 Å². The molecule has 9 heteroatoms. The lowest BCUT2D eigenvalue weighted by Gasteiger charge is -2.36. The number of methoxy groups -OCH3 is 2. The van der Waals surface area contributed by atoms with E-state index in [-0.39, 0.29) is 28.8 Å². The smallest absolute Gasteiger partial charge is 0.318 e. The van der Waals surface area contributed by atoms with Crippen molar-refractivity contribution in [3.8, 4) is 35.4 Å². The molecule has 2 aromatic carbocycles. The molecule has 3 heterocycles. The number of anilines is 1. The van der Waals surface area contributed by atoms with Crippen LogP contribution < -0.4 is 20.1 Å².